The van der Waals surface area contributed by atoms with Crippen LogP contribution in [0, 0.1) is 0 Å². The van der Waals surface area contributed by atoms with Crippen LogP contribution in [0.2, 0.25) is 0 Å². The van der Waals surface area contributed by atoms with Crippen molar-refractivity contribution < 1.29 is 14.3 Å². The Bertz CT molecular complexity index is 467. The molecule has 108 valence electrons. The van der Waals surface area contributed by atoms with Crippen LogP contribution in [0.4, 0.5) is 5.69 Å². The van der Waals surface area contributed by atoms with E-state index in [1.54, 1.807) is 29.2 Å². The van der Waals surface area contributed by atoms with Crippen LogP contribution in [-0.4, -0.2) is 49.6 Å². The van der Waals surface area contributed by atoms with Gasteiger partial charge in [-0.1, -0.05) is 0 Å². The average molecular weight is 277 g/mol. The molecular formula is C14H19N3O3. The van der Waals surface area contributed by atoms with Gasteiger partial charge < -0.3 is 20.7 Å². The Hall–Kier alpha value is -1.92. The number of ether oxygens (including phenoxy) is 1. The van der Waals surface area contributed by atoms with Crippen LogP contribution in [-0.2, 0) is 9.53 Å². The molecule has 0 aliphatic carbocycles. The Morgan fingerprint density at radius 2 is 1.85 bits per heavy atom. The lowest BCUT2D eigenvalue weighted by atomic mass is 10.1. The molecule has 0 aromatic heterocycles. The lowest BCUT2D eigenvalue weighted by Crippen LogP contribution is -2.40. The summed E-state index contributed by atoms with van der Waals surface area (Å²) in [6, 6.07) is 6.88. The first-order chi connectivity index (χ1) is 9.70. The van der Waals surface area contributed by atoms with Crippen molar-refractivity contribution >= 4 is 17.5 Å². The van der Waals surface area contributed by atoms with Crippen LogP contribution < -0.4 is 11.1 Å². The highest BCUT2D eigenvalue weighted by atomic mass is 16.5. The fourth-order valence-electron chi connectivity index (χ4n) is 2.00. The first-order valence-corrected chi connectivity index (χ1v) is 6.67. The van der Waals surface area contributed by atoms with E-state index in [1.165, 1.54) is 0 Å². The molecule has 1 aromatic carbocycles. The van der Waals surface area contributed by atoms with Gasteiger partial charge >= 0.3 is 0 Å². The summed E-state index contributed by atoms with van der Waals surface area (Å²) in [5.41, 5.74) is 6.59. The largest absolute Gasteiger partial charge is 0.378 e. The Kier molecular flexibility index (Phi) is 5.09. The molecule has 1 aliphatic heterocycles. The molecule has 0 atom stereocenters. The molecule has 6 nitrogen and oxygen atoms in total. The van der Waals surface area contributed by atoms with Crippen molar-refractivity contribution in [3.05, 3.63) is 29.8 Å². The van der Waals surface area contributed by atoms with E-state index in [-0.39, 0.29) is 18.2 Å². The highest BCUT2D eigenvalue weighted by Crippen LogP contribution is 2.12. The van der Waals surface area contributed by atoms with Gasteiger partial charge in [0.05, 0.1) is 13.2 Å². The molecule has 0 radical (unpaired) electrons. The molecule has 1 aliphatic rings. The van der Waals surface area contributed by atoms with Gasteiger partial charge in [0, 0.05) is 37.3 Å². The van der Waals surface area contributed by atoms with Crippen LogP contribution in [0.3, 0.4) is 0 Å². The number of nitrogens with zero attached hydrogens (tertiary/aromatic N) is 1. The molecule has 3 N–H and O–H groups in total. The summed E-state index contributed by atoms with van der Waals surface area (Å²) < 4.78 is 5.22. The summed E-state index contributed by atoms with van der Waals surface area (Å²) in [6.45, 7) is 2.72. The average Bonchev–Trinajstić information content (AvgIpc) is 2.48. The minimum absolute atomic E-state index is 0.00636. The van der Waals surface area contributed by atoms with Crippen molar-refractivity contribution in [3.63, 3.8) is 0 Å². The Morgan fingerprint density at radius 1 is 1.20 bits per heavy atom. The van der Waals surface area contributed by atoms with Crippen LogP contribution in [0.25, 0.3) is 0 Å². The quantitative estimate of drug-likeness (QED) is 0.836. The zero-order chi connectivity index (χ0) is 14.4. The number of carbonyl (C=O) groups is 2. The molecule has 2 amide bonds. The van der Waals surface area contributed by atoms with Crippen LogP contribution in [0.1, 0.15) is 16.8 Å². The van der Waals surface area contributed by atoms with Gasteiger partial charge in [0.25, 0.3) is 5.91 Å². The monoisotopic (exact) mass is 277 g/mol. The second kappa shape index (κ2) is 7.02. The van der Waals surface area contributed by atoms with Gasteiger partial charge in [-0.2, -0.15) is 0 Å². The highest BCUT2D eigenvalue weighted by molar-refractivity contribution is 5.95. The van der Waals surface area contributed by atoms with Crippen molar-refractivity contribution in [2.24, 2.45) is 5.73 Å². The number of carbonyl (C=O) groups excluding carboxylic acids is 2. The van der Waals surface area contributed by atoms with E-state index in [4.69, 9.17) is 10.5 Å². The molecule has 0 saturated carbocycles. The zero-order valence-electron chi connectivity index (χ0n) is 11.3. The smallest absolute Gasteiger partial charge is 0.254 e. The molecule has 1 aromatic rings. The molecule has 0 bridgehead atoms. The van der Waals surface area contributed by atoms with Crippen molar-refractivity contribution in [3.8, 4) is 0 Å². The zero-order valence-corrected chi connectivity index (χ0v) is 11.3. The van der Waals surface area contributed by atoms with E-state index < -0.39 is 0 Å². The van der Waals surface area contributed by atoms with Gasteiger partial charge in [-0.15, -0.1) is 0 Å². The summed E-state index contributed by atoms with van der Waals surface area (Å²) in [5, 5.41) is 2.72. The fourth-order valence-corrected chi connectivity index (χ4v) is 2.00. The number of hydrogen-bond acceptors (Lipinski definition) is 4. The maximum Gasteiger partial charge on any atom is 0.254 e. The third-order valence-electron chi connectivity index (χ3n) is 3.09. The number of nitrogens with one attached hydrogen (secondary N) is 1. The Morgan fingerprint density at radius 3 is 2.45 bits per heavy atom. The van der Waals surface area contributed by atoms with Gasteiger partial charge in [0.15, 0.2) is 0 Å². The number of morpholine rings is 1. The molecule has 6 heteroatoms. The molecule has 1 fully saturated rings. The summed E-state index contributed by atoms with van der Waals surface area (Å²) in [4.78, 5) is 25.4. The maximum atomic E-state index is 12.2. The maximum absolute atomic E-state index is 12.2. The highest BCUT2D eigenvalue weighted by Gasteiger charge is 2.18. The van der Waals surface area contributed by atoms with Gasteiger partial charge in [-0.3, -0.25) is 9.59 Å². The van der Waals surface area contributed by atoms with Crippen molar-refractivity contribution in [1.82, 2.24) is 4.90 Å². The predicted molar refractivity (Wildman–Crippen MR) is 75.5 cm³/mol. The van der Waals surface area contributed by atoms with Crippen LogP contribution in [0.15, 0.2) is 24.3 Å². The first kappa shape index (κ1) is 14.5. The molecule has 1 saturated heterocycles. The van der Waals surface area contributed by atoms with Gasteiger partial charge in [0.2, 0.25) is 5.91 Å². The van der Waals surface area contributed by atoms with E-state index in [1.807, 2.05) is 0 Å². The first-order valence-electron chi connectivity index (χ1n) is 6.67. The Balaban J connectivity index is 1.96. The van der Waals surface area contributed by atoms with Crippen molar-refractivity contribution in [1.29, 1.82) is 0 Å². The number of amides is 2. The number of rotatable bonds is 4. The van der Waals surface area contributed by atoms with Crippen molar-refractivity contribution in [2.45, 2.75) is 6.42 Å². The van der Waals surface area contributed by atoms with Gasteiger partial charge in [-0.05, 0) is 24.3 Å². The standard InChI is InChI=1S/C14H19N3O3/c15-6-5-13(18)16-12-3-1-11(2-4-12)14(19)17-7-9-20-10-8-17/h1-4H,5-10,15H2,(H,16,18). The number of benzene rings is 1. The third kappa shape index (κ3) is 3.79. The number of hydrogen-bond donors (Lipinski definition) is 2. The lowest BCUT2D eigenvalue weighted by Gasteiger charge is -2.26. The summed E-state index contributed by atoms with van der Waals surface area (Å²) in [6.07, 6.45) is 0.286. The third-order valence-corrected chi connectivity index (χ3v) is 3.09. The molecular weight excluding hydrogens is 258 g/mol. The minimum atomic E-state index is -0.125. The van der Waals surface area contributed by atoms with E-state index >= 15 is 0 Å². The second-order valence-electron chi connectivity index (χ2n) is 4.57. The number of anilines is 1. The lowest BCUT2D eigenvalue weighted by molar-refractivity contribution is -0.116. The van der Waals surface area contributed by atoms with Crippen molar-refractivity contribution in [2.75, 3.05) is 38.2 Å². The minimum Gasteiger partial charge on any atom is -0.378 e. The second-order valence-corrected chi connectivity index (χ2v) is 4.57. The van der Waals surface area contributed by atoms with E-state index in [0.717, 1.165) is 0 Å². The molecule has 20 heavy (non-hydrogen) atoms. The van der Waals surface area contributed by atoms with Gasteiger partial charge in [0.1, 0.15) is 0 Å². The SMILES string of the molecule is NCCC(=O)Nc1ccc(C(=O)N2CCOCC2)cc1. The summed E-state index contributed by atoms with van der Waals surface area (Å²) >= 11 is 0. The molecule has 0 spiro atoms. The molecule has 0 unspecified atom stereocenters. The van der Waals surface area contributed by atoms with E-state index in [0.29, 0.717) is 44.1 Å². The van der Waals surface area contributed by atoms with Gasteiger partial charge in [-0.25, -0.2) is 0 Å². The molecule has 2 rings (SSSR count). The topological polar surface area (TPSA) is 84.7 Å². The Labute approximate surface area is 117 Å². The normalized spacial score (nSPS) is 14.9. The molecule has 1 heterocycles. The van der Waals surface area contributed by atoms with E-state index in [2.05, 4.69) is 5.32 Å². The predicted octanol–water partition coefficient (Wildman–Crippen LogP) is 0.446. The van der Waals surface area contributed by atoms with Crippen LogP contribution in [0.5, 0.6) is 0 Å². The van der Waals surface area contributed by atoms with Crippen LogP contribution >= 0.6 is 0 Å². The fraction of sp³-hybridized carbons (Fsp3) is 0.429. The summed E-state index contributed by atoms with van der Waals surface area (Å²) in [5.74, 6) is -0.132. The number of nitrogens with two attached hydrogens (primary N) is 1. The van der Waals surface area contributed by atoms with E-state index in [9.17, 15) is 9.59 Å². The summed E-state index contributed by atoms with van der Waals surface area (Å²) in [7, 11) is 0.